The number of rotatable bonds is 3. The Morgan fingerprint density at radius 3 is 2.33 bits per heavy atom. The van der Waals surface area contributed by atoms with Crippen LogP contribution in [0.3, 0.4) is 0 Å². The zero-order valence-electron chi connectivity index (χ0n) is 12.4. The monoisotopic (exact) mass is 299 g/mol. The SMILES string of the molecule is C[C@]1(Cc2ccccc2)CCCN=S1(=O)c1ccccc1. The van der Waals surface area contributed by atoms with Crippen LogP contribution in [0.15, 0.2) is 69.9 Å². The molecule has 0 saturated carbocycles. The molecule has 0 amide bonds. The molecule has 0 aliphatic carbocycles. The first-order valence-electron chi connectivity index (χ1n) is 7.46. The highest BCUT2D eigenvalue weighted by atomic mass is 32.2. The van der Waals surface area contributed by atoms with Gasteiger partial charge < -0.3 is 0 Å². The molecule has 2 nitrogen and oxygen atoms in total. The lowest BCUT2D eigenvalue weighted by molar-refractivity contribution is 0.509. The Morgan fingerprint density at radius 2 is 1.67 bits per heavy atom. The van der Waals surface area contributed by atoms with E-state index < -0.39 is 9.73 Å². The number of hydrogen-bond acceptors (Lipinski definition) is 2. The molecule has 0 bridgehead atoms. The highest BCUT2D eigenvalue weighted by molar-refractivity contribution is 7.95. The van der Waals surface area contributed by atoms with Crippen molar-refractivity contribution in [2.75, 3.05) is 6.54 Å². The van der Waals surface area contributed by atoms with Crippen molar-refractivity contribution in [1.29, 1.82) is 0 Å². The van der Waals surface area contributed by atoms with Crippen LogP contribution in [0.4, 0.5) is 0 Å². The van der Waals surface area contributed by atoms with Crippen LogP contribution in [0.5, 0.6) is 0 Å². The highest BCUT2D eigenvalue weighted by Crippen LogP contribution is 2.37. The molecule has 1 heterocycles. The van der Waals surface area contributed by atoms with Gasteiger partial charge >= 0.3 is 0 Å². The first kappa shape index (κ1) is 14.3. The molecule has 2 atom stereocenters. The van der Waals surface area contributed by atoms with Gasteiger partial charge in [0.25, 0.3) is 0 Å². The van der Waals surface area contributed by atoms with Gasteiger partial charge in [0, 0.05) is 11.4 Å². The minimum absolute atomic E-state index is 0.298. The molecule has 0 fully saturated rings. The Balaban J connectivity index is 2.06. The van der Waals surface area contributed by atoms with Crippen LogP contribution in [0.25, 0.3) is 0 Å². The van der Waals surface area contributed by atoms with Gasteiger partial charge in [0.15, 0.2) is 0 Å². The molecule has 0 N–H and O–H groups in total. The van der Waals surface area contributed by atoms with Crippen LogP contribution < -0.4 is 0 Å². The van der Waals surface area contributed by atoms with E-state index in [4.69, 9.17) is 0 Å². The normalized spacial score (nSPS) is 28.8. The van der Waals surface area contributed by atoms with Gasteiger partial charge in [-0.05, 0) is 43.9 Å². The summed E-state index contributed by atoms with van der Waals surface area (Å²) < 4.78 is 18.0. The zero-order chi connectivity index (χ0) is 14.8. The maximum Gasteiger partial charge on any atom is 0.0810 e. The van der Waals surface area contributed by atoms with E-state index in [2.05, 4.69) is 23.4 Å². The molecule has 3 rings (SSSR count). The van der Waals surface area contributed by atoms with Gasteiger partial charge in [0.2, 0.25) is 0 Å². The largest absolute Gasteiger partial charge is 0.244 e. The molecule has 0 spiro atoms. The minimum atomic E-state index is -2.38. The predicted molar refractivity (Wildman–Crippen MR) is 87.9 cm³/mol. The summed E-state index contributed by atoms with van der Waals surface area (Å²) in [6.45, 7) is 2.84. The molecule has 1 aliphatic heterocycles. The van der Waals surface area contributed by atoms with E-state index in [1.807, 2.05) is 48.5 Å². The van der Waals surface area contributed by atoms with E-state index in [-0.39, 0.29) is 4.75 Å². The lowest BCUT2D eigenvalue weighted by Crippen LogP contribution is -2.40. The van der Waals surface area contributed by atoms with Crippen LogP contribution in [-0.2, 0) is 16.1 Å². The van der Waals surface area contributed by atoms with E-state index in [1.54, 1.807) is 0 Å². The lowest BCUT2D eigenvalue weighted by atomic mass is 9.95. The van der Waals surface area contributed by atoms with E-state index in [0.717, 1.165) is 24.2 Å². The van der Waals surface area contributed by atoms with Crippen LogP contribution in [0, 0.1) is 0 Å². The summed E-state index contributed by atoms with van der Waals surface area (Å²) in [5.74, 6) is 0. The maximum absolute atomic E-state index is 13.7. The molecule has 1 aliphatic rings. The average Bonchev–Trinajstić information content (AvgIpc) is 2.52. The summed E-state index contributed by atoms with van der Waals surface area (Å²) in [6.07, 6.45) is 2.79. The second-order valence-corrected chi connectivity index (χ2v) is 8.67. The van der Waals surface area contributed by atoms with Crippen LogP contribution in [-0.4, -0.2) is 15.5 Å². The third-order valence-electron chi connectivity index (χ3n) is 4.29. The summed E-state index contributed by atoms with van der Waals surface area (Å²) in [6, 6.07) is 20.1. The van der Waals surface area contributed by atoms with Crippen molar-refractivity contribution in [3.05, 3.63) is 66.2 Å². The van der Waals surface area contributed by atoms with Crippen molar-refractivity contribution < 1.29 is 4.21 Å². The predicted octanol–water partition coefficient (Wildman–Crippen LogP) is 4.31. The summed E-state index contributed by atoms with van der Waals surface area (Å²) in [4.78, 5) is 0.878. The number of benzene rings is 2. The Morgan fingerprint density at radius 1 is 1.05 bits per heavy atom. The Labute approximate surface area is 127 Å². The van der Waals surface area contributed by atoms with E-state index >= 15 is 0 Å². The molecule has 110 valence electrons. The molecule has 0 saturated heterocycles. The number of hydrogen-bond donors (Lipinski definition) is 0. The fourth-order valence-electron chi connectivity index (χ4n) is 3.12. The molecule has 2 aromatic carbocycles. The number of nitrogens with zero attached hydrogens (tertiary/aromatic N) is 1. The quantitative estimate of drug-likeness (QED) is 0.830. The zero-order valence-corrected chi connectivity index (χ0v) is 13.2. The van der Waals surface area contributed by atoms with E-state index in [0.29, 0.717) is 6.54 Å². The maximum atomic E-state index is 13.7. The van der Waals surface area contributed by atoms with Crippen molar-refractivity contribution in [2.24, 2.45) is 4.36 Å². The average molecular weight is 299 g/mol. The van der Waals surface area contributed by atoms with Crippen molar-refractivity contribution in [3.63, 3.8) is 0 Å². The molecular weight excluding hydrogens is 278 g/mol. The van der Waals surface area contributed by atoms with Gasteiger partial charge in [-0.2, -0.15) is 0 Å². The van der Waals surface area contributed by atoms with Crippen LogP contribution in [0.2, 0.25) is 0 Å². The first-order valence-corrected chi connectivity index (χ1v) is 8.97. The standard InChI is InChI=1S/C18H21NOS/c1-18(15-16-9-4-2-5-10-16)13-8-14-19-21(18,20)17-11-6-3-7-12-17/h2-7,9-12H,8,13-15H2,1H3/t18-,21?/m1/s1. The van der Waals surface area contributed by atoms with E-state index in [1.165, 1.54) is 5.56 Å². The first-order chi connectivity index (χ1) is 10.1. The molecule has 2 aromatic rings. The molecule has 0 aromatic heterocycles. The molecule has 3 heteroatoms. The third-order valence-corrected chi connectivity index (χ3v) is 7.43. The van der Waals surface area contributed by atoms with Crippen molar-refractivity contribution in [1.82, 2.24) is 0 Å². The minimum Gasteiger partial charge on any atom is -0.244 e. The van der Waals surface area contributed by atoms with E-state index in [9.17, 15) is 4.21 Å². The van der Waals surface area contributed by atoms with Gasteiger partial charge in [-0.15, -0.1) is 0 Å². The second-order valence-electron chi connectivity index (χ2n) is 5.91. The van der Waals surface area contributed by atoms with Crippen molar-refractivity contribution in [3.8, 4) is 0 Å². The Bertz CT molecular complexity index is 717. The fourth-order valence-corrected chi connectivity index (χ4v) is 5.84. The highest BCUT2D eigenvalue weighted by Gasteiger charge is 2.39. The molecule has 1 unspecified atom stereocenters. The topological polar surface area (TPSA) is 29.4 Å². The third kappa shape index (κ3) is 2.62. The van der Waals surface area contributed by atoms with Crippen LogP contribution >= 0.6 is 0 Å². The fraction of sp³-hybridized carbons (Fsp3) is 0.333. The van der Waals surface area contributed by atoms with Gasteiger partial charge in [0.1, 0.15) is 0 Å². The smallest absolute Gasteiger partial charge is 0.0810 e. The summed E-state index contributed by atoms with van der Waals surface area (Å²) in [5.41, 5.74) is 1.24. The summed E-state index contributed by atoms with van der Waals surface area (Å²) >= 11 is 0. The van der Waals surface area contributed by atoms with Gasteiger partial charge in [0.05, 0.1) is 14.5 Å². The second kappa shape index (κ2) is 5.64. The summed E-state index contributed by atoms with van der Waals surface area (Å²) in [5, 5.41) is 0. The van der Waals surface area contributed by atoms with Gasteiger partial charge in [-0.25, -0.2) is 8.57 Å². The molecule has 21 heavy (non-hydrogen) atoms. The van der Waals surface area contributed by atoms with Crippen molar-refractivity contribution in [2.45, 2.75) is 35.8 Å². The Kier molecular flexibility index (Phi) is 3.85. The van der Waals surface area contributed by atoms with Crippen molar-refractivity contribution >= 4 is 9.73 Å². The summed E-state index contributed by atoms with van der Waals surface area (Å²) in [7, 11) is -2.38. The Hall–Kier alpha value is -1.61. The van der Waals surface area contributed by atoms with Crippen LogP contribution in [0.1, 0.15) is 25.3 Å². The lowest BCUT2D eigenvalue weighted by Gasteiger charge is -2.36. The van der Waals surface area contributed by atoms with Gasteiger partial charge in [-0.1, -0.05) is 48.5 Å². The molecular formula is C18H21NOS. The van der Waals surface area contributed by atoms with Gasteiger partial charge in [-0.3, -0.25) is 0 Å². The molecule has 0 radical (unpaired) electrons.